The van der Waals surface area contributed by atoms with Crippen LogP contribution in [0, 0.1) is 6.92 Å². The molecule has 146 valence electrons. The Morgan fingerprint density at radius 3 is 2.86 bits per heavy atom. The predicted octanol–water partition coefficient (Wildman–Crippen LogP) is 3.65. The molecule has 0 aliphatic rings. The number of aromatic carboxylic acids is 1. The molecule has 2 heterocycles. The Kier molecular flexibility index (Phi) is 6.59. The molecule has 0 aliphatic heterocycles. The summed E-state index contributed by atoms with van der Waals surface area (Å²) >= 11 is 1.64. The summed E-state index contributed by atoms with van der Waals surface area (Å²) in [7, 11) is 0. The summed E-state index contributed by atoms with van der Waals surface area (Å²) in [5.41, 5.74) is 3.06. The number of hydrogen-bond donors (Lipinski definition) is 3. The molecule has 0 bridgehead atoms. The Bertz CT molecular complexity index is 989. The molecule has 0 unspecified atom stereocenters. The highest BCUT2D eigenvalue weighted by Crippen LogP contribution is 2.23. The summed E-state index contributed by atoms with van der Waals surface area (Å²) in [4.78, 5) is 38.7. The third-order valence-electron chi connectivity index (χ3n) is 4.23. The highest BCUT2D eigenvalue weighted by Gasteiger charge is 2.09. The number of amides is 1. The third kappa shape index (κ3) is 5.07. The fourth-order valence-electron chi connectivity index (χ4n) is 2.69. The van der Waals surface area contributed by atoms with Crippen LogP contribution in [-0.4, -0.2) is 42.7 Å². The Labute approximate surface area is 166 Å². The number of aromatic amines is 1. The van der Waals surface area contributed by atoms with Gasteiger partial charge < -0.3 is 15.4 Å². The molecule has 0 radical (unpaired) electrons. The zero-order valence-corrected chi connectivity index (χ0v) is 16.3. The third-order valence-corrected chi connectivity index (χ3v) is 5.31. The second-order valence-electron chi connectivity index (χ2n) is 6.32. The Hall–Kier alpha value is -2.94. The van der Waals surface area contributed by atoms with E-state index in [0.29, 0.717) is 17.8 Å². The van der Waals surface area contributed by atoms with Gasteiger partial charge in [-0.3, -0.25) is 4.79 Å². The second kappa shape index (κ2) is 9.32. The maximum atomic E-state index is 12.1. The maximum absolute atomic E-state index is 12.1. The van der Waals surface area contributed by atoms with E-state index in [9.17, 15) is 9.59 Å². The molecular formula is C19H21N5O3S. The van der Waals surface area contributed by atoms with E-state index >= 15 is 0 Å². The van der Waals surface area contributed by atoms with Gasteiger partial charge in [0.05, 0.1) is 11.9 Å². The number of benzene rings is 1. The summed E-state index contributed by atoms with van der Waals surface area (Å²) in [6, 6.07) is 4.71. The van der Waals surface area contributed by atoms with Gasteiger partial charge in [-0.25, -0.2) is 19.7 Å². The van der Waals surface area contributed by atoms with E-state index in [1.807, 2.05) is 6.92 Å². The van der Waals surface area contributed by atoms with Gasteiger partial charge in [-0.1, -0.05) is 12.5 Å². The van der Waals surface area contributed by atoms with Crippen molar-refractivity contribution < 1.29 is 14.7 Å². The first-order valence-electron chi connectivity index (χ1n) is 8.95. The summed E-state index contributed by atoms with van der Waals surface area (Å²) in [5.74, 6) is -0.218. The van der Waals surface area contributed by atoms with Crippen molar-refractivity contribution in [3.8, 4) is 0 Å². The predicted molar refractivity (Wildman–Crippen MR) is 108 cm³/mol. The van der Waals surface area contributed by atoms with Crippen molar-refractivity contribution in [1.82, 2.24) is 19.9 Å². The number of carbonyl (C=O) groups excluding carboxylic acids is 1. The summed E-state index contributed by atoms with van der Waals surface area (Å²) in [6.45, 7) is 1.84. The van der Waals surface area contributed by atoms with Crippen LogP contribution in [0.5, 0.6) is 0 Å². The number of nitrogens with one attached hydrogen (secondary N) is 2. The zero-order valence-electron chi connectivity index (χ0n) is 15.4. The average molecular weight is 399 g/mol. The van der Waals surface area contributed by atoms with Crippen molar-refractivity contribution in [2.75, 3.05) is 11.1 Å². The van der Waals surface area contributed by atoms with Crippen molar-refractivity contribution in [1.29, 1.82) is 0 Å². The van der Waals surface area contributed by atoms with Crippen LogP contribution >= 0.6 is 11.8 Å². The van der Waals surface area contributed by atoms with Crippen LogP contribution in [0.4, 0.5) is 5.69 Å². The molecule has 3 aromatic rings. The topological polar surface area (TPSA) is 121 Å². The van der Waals surface area contributed by atoms with E-state index in [2.05, 4.69) is 25.3 Å². The standard InChI is InChI=1S/C19H21N5O3S/c1-12-6-7-13(19(26)27)9-14(12)24-15(25)5-3-2-4-8-28-18-16-17(21-10-20-16)22-11-23-18/h6-7,9-11H,2-5,8H2,1H3,(H,24,25)(H,26,27)(H,20,21,22,23). The number of H-pyrrole nitrogens is 1. The SMILES string of the molecule is Cc1ccc(C(=O)O)cc1NC(=O)CCCCCSc1ncnc2nc[nH]c12. The molecule has 9 heteroatoms. The van der Waals surface area contributed by atoms with Gasteiger partial charge in [-0.15, -0.1) is 11.8 Å². The van der Waals surface area contributed by atoms with E-state index in [-0.39, 0.29) is 11.5 Å². The zero-order chi connectivity index (χ0) is 19.9. The number of fused-ring (bicyclic) bond motifs is 1. The van der Waals surface area contributed by atoms with Crippen LogP contribution in [0.3, 0.4) is 0 Å². The number of aryl methyl sites for hydroxylation is 1. The highest BCUT2D eigenvalue weighted by atomic mass is 32.2. The summed E-state index contributed by atoms with van der Waals surface area (Å²) < 4.78 is 0. The molecule has 0 aliphatic carbocycles. The lowest BCUT2D eigenvalue weighted by Crippen LogP contribution is -2.12. The number of hydrogen-bond acceptors (Lipinski definition) is 6. The van der Waals surface area contributed by atoms with Crippen LogP contribution in [0.15, 0.2) is 35.9 Å². The van der Waals surface area contributed by atoms with E-state index < -0.39 is 5.97 Å². The van der Waals surface area contributed by atoms with Gasteiger partial charge >= 0.3 is 5.97 Å². The van der Waals surface area contributed by atoms with Gasteiger partial charge in [0.2, 0.25) is 5.91 Å². The number of anilines is 1. The molecule has 1 aromatic carbocycles. The van der Waals surface area contributed by atoms with Crippen molar-refractivity contribution >= 4 is 40.5 Å². The largest absolute Gasteiger partial charge is 0.478 e. The Morgan fingerprint density at radius 1 is 1.18 bits per heavy atom. The van der Waals surface area contributed by atoms with Gasteiger partial charge in [0.15, 0.2) is 5.65 Å². The molecule has 28 heavy (non-hydrogen) atoms. The lowest BCUT2D eigenvalue weighted by Gasteiger charge is -2.09. The van der Waals surface area contributed by atoms with Gasteiger partial charge in [-0.2, -0.15) is 0 Å². The minimum absolute atomic E-state index is 0.103. The molecule has 3 N–H and O–H groups in total. The number of rotatable bonds is 9. The van der Waals surface area contributed by atoms with Gasteiger partial charge in [0, 0.05) is 12.1 Å². The fourth-order valence-corrected chi connectivity index (χ4v) is 3.65. The maximum Gasteiger partial charge on any atom is 0.335 e. The Balaban J connectivity index is 1.38. The number of nitrogens with zero attached hydrogens (tertiary/aromatic N) is 3. The van der Waals surface area contributed by atoms with Gasteiger partial charge in [-0.05, 0) is 43.2 Å². The number of thioether (sulfide) groups is 1. The van der Waals surface area contributed by atoms with Crippen LogP contribution in [-0.2, 0) is 4.79 Å². The number of unbranched alkanes of at least 4 members (excludes halogenated alkanes) is 2. The van der Waals surface area contributed by atoms with Gasteiger partial charge in [0.1, 0.15) is 16.9 Å². The molecule has 0 atom stereocenters. The minimum Gasteiger partial charge on any atom is -0.478 e. The normalized spacial score (nSPS) is 10.9. The molecule has 3 rings (SSSR count). The highest BCUT2D eigenvalue weighted by molar-refractivity contribution is 7.99. The smallest absolute Gasteiger partial charge is 0.335 e. The average Bonchev–Trinajstić information content (AvgIpc) is 3.15. The molecule has 0 saturated heterocycles. The van der Waals surface area contributed by atoms with Crippen molar-refractivity contribution in [2.24, 2.45) is 0 Å². The summed E-state index contributed by atoms with van der Waals surface area (Å²) in [6.07, 6.45) is 6.18. The van der Waals surface area contributed by atoms with Crippen LogP contribution in [0.2, 0.25) is 0 Å². The molecule has 2 aromatic heterocycles. The van der Waals surface area contributed by atoms with Crippen LogP contribution in [0.25, 0.3) is 11.2 Å². The first-order valence-corrected chi connectivity index (χ1v) is 9.94. The lowest BCUT2D eigenvalue weighted by molar-refractivity contribution is -0.116. The second-order valence-corrected chi connectivity index (χ2v) is 7.41. The summed E-state index contributed by atoms with van der Waals surface area (Å²) in [5, 5.41) is 12.7. The van der Waals surface area contributed by atoms with Crippen molar-refractivity contribution in [2.45, 2.75) is 37.6 Å². The van der Waals surface area contributed by atoms with E-state index in [1.165, 1.54) is 18.5 Å². The number of carboxylic acid groups (broad SMARTS) is 1. The molecule has 8 nitrogen and oxygen atoms in total. The minimum atomic E-state index is -1.01. The van der Waals surface area contributed by atoms with E-state index in [1.54, 1.807) is 24.2 Å². The fraction of sp³-hybridized carbons (Fsp3) is 0.316. The number of carboxylic acids is 1. The first kappa shape index (κ1) is 19.8. The number of aromatic nitrogens is 4. The van der Waals surface area contributed by atoms with E-state index in [4.69, 9.17) is 5.11 Å². The monoisotopic (exact) mass is 399 g/mol. The molecule has 1 amide bonds. The van der Waals surface area contributed by atoms with Crippen molar-refractivity contribution in [3.63, 3.8) is 0 Å². The van der Waals surface area contributed by atoms with E-state index in [0.717, 1.165) is 41.1 Å². The quantitative estimate of drug-likeness (QED) is 0.285. The first-order chi connectivity index (χ1) is 13.5. The Morgan fingerprint density at radius 2 is 2.04 bits per heavy atom. The number of imidazole rings is 1. The molecular weight excluding hydrogens is 378 g/mol. The molecule has 0 saturated carbocycles. The van der Waals surface area contributed by atoms with Crippen LogP contribution < -0.4 is 5.32 Å². The molecule has 0 spiro atoms. The lowest BCUT2D eigenvalue weighted by atomic mass is 10.1. The van der Waals surface area contributed by atoms with Crippen LogP contribution in [0.1, 0.15) is 41.6 Å². The molecule has 0 fully saturated rings. The van der Waals surface area contributed by atoms with Crippen molar-refractivity contribution in [3.05, 3.63) is 42.0 Å². The number of carbonyl (C=O) groups is 2. The van der Waals surface area contributed by atoms with Gasteiger partial charge in [0.25, 0.3) is 0 Å².